The number of nitrogens with two attached hydrogens (primary N) is 1. The number of benzene rings is 1. The van der Waals surface area contributed by atoms with Crippen molar-refractivity contribution in [3.05, 3.63) is 29.8 Å². The SMILES string of the molecule is C[C@@H](NCc1ccc(N)cc1)C(C)(C)C. The fourth-order valence-corrected chi connectivity index (χ4v) is 1.21. The first kappa shape index (κ1) is 12.1. The smallest absolute Gasteiger partial charge is 0.0314 e. The van der Waals surface area contributed by atoms with Gasteiger partial charge in [0.2, 0.25) is 0 Å². The van der Waals surface area contributed by atoms with E-state index in [4.69, 9.17) is 5.73 Å². The van der Waals surface area contributed by atoms with Crippen molar-refractivity contribution < 1.29 is 0 Å². The molecule has 0 aliphatic carbocycles. The fourth-order valence-electron chi connectivity index (χ4n) is 1.21. The Bertz CT molecular complexity index is 295. The molecule has 0 fully saturated rings. The van der Waals surface area contributed by atoms with E-state index in [1.54, 1.807) is 0 Å². The maximum atomic E-state index is 5.63. The van der Waals surface area contributed by atoms with Crippen LogP contribution >= 0.6 is 0 Å². The minimum Gasteiger partial charge on any atom is -0.399 e. The predicted octanol–water partition coefficient (Wildman–Crippen LogP) is 2.79. The predicted molar refractivity (Wildman–Crippen MR) is 66.6 cm³/mol. The Morgan fingerprint density at radius 1 is 1.20 bits per heavy atom. The van der Waals surface area contributed by atoms with Crippen molar-refractivity contribution in [1.29, 1.82) is 0 Å². The summed E-state index contributed by atoms with van der Waals surface area (Å²) in [6, 6.07) is 8.52. The van der Waals surface area contributed by atoms with Crippen LogP contribution in [0.2, 0.25) is 0 Å². The minimum atomic E-state index is 0.299. The van der Waals surface area contributed by atoms with Gasteiger partial charge in [-0.3, -0.25) is 0 Å². The maximum Gasteiger partial charge on any atom is 0.0314 e. The summed E-state index contributed by atoms with van der Waals surface area (Å²) in [6.07, 6.45) is 0. The largest absolute Gasteiger partial charge is 0.399 e. The highest BCUT2D eigenvalue weighted by atomic mass is 14.9. The van der Waals surface area contributed by atoms with Crippen LogP contribution in [0.15, 0.2) is 24.3 Å². The van der Waals surface area contributed by atoms with Crippen LogP contribution < -0.4 is 11.1 Å². The van der Waals surface area contributed by atoms with Crippen LogP contribution in [0.1, 0.15) is 33.3 Å². The molecule has 0 aliphatic heterocycles. The highest BCUT2D eigenvalue weighted by Gasteiger charge is 2.18. The minimum absolute atomic E-state index is 0.299. The van der Waals surface area contributed by atoms with E-state index in [0.717, 1.165) is 12.2 Å². The van der Waals surface area contributed by atoms with E-state index >= 15 is 0 Å². The molecule has 0 heterocycles. The molecule has 15 heavy (non-hydrogen) atoms. The molecule has 0 spiro atoms. The summed E-state index contributed by atoms with van der Waals surface area (Å²) in [5.41, 5.74) is 8.03. The van der Waals surface area contributed by atoms with Gasteiger partial charge in [-0.25, -0.2) is 0 Å². The fraction of sp³-hybridized carbons (Fsp3) is 0.538. The second-order valence-corrected chi connectivity index (χ2v) is 5.21. The van der Waals surface area contributed by atoms with Crippen molar-refractivity contribution in [3.63, 3.8) is 0 Å². The third-order valence-electron chi connectivity index (χ3n) is 2.89. The maximum absolute atomic E-state index is 5.63. The van der Waals surface area contributed by atoms with Crippen LogP contribution in [0, 0.1) is 5.41 Å². The highest BCUT2D eigenvalue weighted by Crippen LogP contribution is 2.18. The van der Waals surface area contributed by atoms with E-state index in [9.17, 15) is 0 Å². The molecule has 2 nitrogen and oxygen atoms in total. The van der Waals surface area contributed by atoms with Gasteiger partial charge >= 0.3 is 0 Å². The lowest BCUT2D eigenvalue weighted by molar-refractivity contribution is 0.285. The first-order valence-electron chi connectivity index (χ1n) is 5.47. The van der Waals surface area contributed by atoms with Crippen LogP contribution in [-0.4, -0.2) is 6.04 Å². The molecule has 0 saturated carbocycles. The third kappa shape index (κ3) is 3.92. The molecule has 1 rings (SSSR count). The van der Waals surface area contributed by atoms with Gasteiger partial charge in [-0.05, 0) is 30.0 Å². The van der Waals surface area contributed by atoms with Crippen molar-refractivity contribution in [3.8, 4) is 0 Å². The number of hydrogen-bond donors (Lipinski definition) is 2. The lowest BCUT2D eigenvalue weighted by Gasteiger charge is -2.28. The molecule has 84 valence electrons. The van der Waals surface area contributed by atoms with Crippen molar-refractivity contribution in [2.75, 3.05) is 5.73 Å². The second kappa shape index (κ2) is 4.67. The lowest BCUT2D eigenvalue weighted by atomic mass is 9.88. The molecule has 1 aromatic rings. The summed E-state index contributed by atoms with van der Waals surface area (Å²) in [6.45, 7) is 9.85. The van der Waals surface area contributed by atoms with Crippen LogP contribution in [0.25, 0.3) is 0 Å². The molecule has 0 unspecified atom stereocenters. The van der Waals surface area contributed by atoms with Gasteiger partial charge in [-0.2, -0.15) is 0 Å². The van der Waals surface area contributed by atoms with E-state index in [0.29, 0.717) is 11.5 Å². The standard InChI is InChI=1S/C13H22N2/c1-10(13(2,3)4)15-9-11-5-7-12(14)8-6-11/h5-8,10,15H,9,14H2,1-4H3/t10-/m1/s1. The van der Waals surface area contributed by atoms with Crippen LogP contribution in [-0.2, 0) is 6.54 Å². The first-order valence-corrected chi connectivity index (χ1v) is 5.47. The van der Waals surface area contributed by atoms with Crippen molar-refractivity contribution >= 4 is 5.69 Å². The Kier molecular flexibility index (Phi) is 3.75. The number of nitrogens with one attached hydrogen (secondary N) is 1. The van der Waals surface area contributed by atoms with Gasteiger partial charge in [0, 0.05) is 18.3 Å². The Labute approximate surface area is 92.9 Å². The molecular formula is C13H22N2. The first-order chi connectivity index (χ1) is 6.89. The molecule has 0 aromatic heterocycles. The van der Waals surface area contributed by atoms with Crippen LogP contribution in [0.4, 0.5) is 5.69 Å². The van der Waals surface area contributed by atoms with Crippen molar-refractivity contribution in [1.82, 2.24) is 5.32 Å². The van der Waals surface area contributed by atoms with E-state index in [2.05, 4.69) is 45.1 Å². The van der Waals surface area contributed by atoms with Gasteiger partial charge in [0.1, 0.15) is 0 Å². The average molecular weight is 206 g/mol. The number of hydrogen-bond acceptors (Lipinski definition) is 2. The molecule has 1 atom stereocenters. The van der Waals surface area contributed by atoms with Crippen molar-refractivity contribution in [2.24, 2.45) is 5.41 Å². The Hall–Kier alpha value is -1.02. The molecule has 0 bridgehead atoms. The Morgan fingerprint density at radius 2 is 1.73 bits per heavy atom. The summed E-state index contributed by atoms with van der Waals surface area (Å²) >= 11 is 0. The quantitative estimate of drug-likeness (QED) is 0.746. The molecule has 2 heteroatoms. The van der Waals surface area contributed by atoms with E-state index < -0.39 is 0 Å². The van der Waals surface area contributed by atoms with Gasteiger partial charge in [0.25, 0.3) is 0 Å². The van der Waals surface area contributed by atoms with E-state index in [1.807, 2.05) is 12.1 Å². The second-order valence-electron chi connectivity index (χ2n) is 5.21. The average Bonchev–Trinajstić information content (AvgIpc) is 2.15. The number of anilines is 1. The summed E-state index contributed by atoms with van der Waals surface area (Å²) in [5, 5.41) is 3.52. The van der Waals surface area contributed by atoms with E-state index in [1.165, 1.54) is 5.56 Å². The summed E-state index contributed by atoms with van der Waals surface area (Å²) in [7, 11) is 0. The molecule has 1 aromatic carbocycles. The monoisotopic (exact) mass is 206 g/mol. The zero-order valence-electron chi connectivity index (χ0n) is 10.2. The van der Waals surface area contributed by atoms with E-state index in [-0.39, 0.29) is 0 Å². The molecule has 0 aliphatic rings. The molecule has 0 saturated heterocycles. The Balaban J connectivity index is 2.47. The van der Waals surface area contributed by atoms with Crippen LogP contribution in [0.3, 0.4) is 0 Å². The normalized spacial score (nSPS) is 13.9. The molecule has 3 N–H and O–H groups in total. The lowest BCUT2D eigenvalue weighted by Crippen LogP contribution is -2.37. The topological polar surface area (TPSA) is 38.0 Å². The zero-order chi connectivity index (χ0) is 11.5. The highest BCUT2D eigenvalue weighted by molar-refractivity contribution is 5.39. The Morgan fingerprint density at radius 3 is 2.20 bits per heavy atom. The van der Waals surface area contributed by atoms with Gasteiger partial charge in [0.05, 0.1) is 0 Å². The number of rotatable bonds is 3. The number of nitrogen functional groups attached to an aromatic ring is 1. The van der Waals surface area contributed by atoms with Crippen LogP contribution in [0.5, 0.6) is 0 Å². The van der Waals surface area contributed by atoms with Gasteiger partial charge in [-0.1, -0.05) is 32.9 Å². The third-order valence-corrected chi connectivity index (χ3v) is 2.89. The van der Waals surface area contributed by atoms with Crippen molar-refractivity contribution in [2.45, 2.75) is 40.3 Å². The van der Waals surface area contributed by atoms with Gasteiger partial charge in [-0.15, -0.1) is 0 Å². The van der Waals surface area contributed by atoms with Gasteiger partial charge < -0.3 is 11.1 Å². The molecular weight excluding hydrogens is 184 g/mol. The molecule has 0 amide bonds. The summed E-state index contributed by atoms with van der Waals surface area (Å²) in [4.78, 5) is 0. The molecule has 0 radical (unpaired) electrons. The zero-order valence-corrected chi connectivity index (χ0v) is 10.2. The summed E-state index contributed by atoms with van der Waals surface area (Å²) in [5.74, 6) is 0. The van der Waals surface area contributed by atoms with Gasteiger partial charge in [0.15, 0.2) is 0 Å². The summed E-state index contributed by atoms with van der Waals surface area (Å²) < 4.78 is 0.